The molecule has 0 unspecified atom stereocenters. The molecule has 2 amide bonds. The Bertz CT molecular complexity index is 994. The first kappa shape index (κ1) is 25.9. The fourth-order valence-corrected chi connectivity index (χ4v) is 8.15. The fraction of sp³-hybridized carbons (Fsp3) is 0.769. The smallest absolute Gasteiger partial charge is 0.258 e. The number of rotatable bonds is 0. The lowest BCUT2D eigenvalue weighted by Crippen LogP contribution is -2.46. The monoisotopic (exact) mass is 530 g/mol. The molecular formula is C26H38N6O2S2. The van der Waals surface area contributed by atoms with E-state index < -0.39 is 0 Å². The first-order valence-corrected chi connectivity index (χ1v) is 15.2. The molecule has 4 atom stereocenters. The predicted octanol–water partition coefficient (Wildman–Crippen LogP) is 5.00. The molecule has 0 spiro atoms. The summed E-state index contributed by atoms with van der Waals surface area (Å²) in [5, 5.41) is 15.1. The number of nitrogens with zero attached hydrogens (tertiary/aromatic N) is 6. The molecule has 36 heavy (non-hydrogen) atoms. The molecule has 0 aromatic carbocycles. The minimum absolute atomic E-state index is 0.0331. The summed E-state index contributed by atoms with van der Waals surface area (Å²) in [6.45, 7) is 13.5. The van der Waals surface area contributed by atoms with Gasteiger partial charge in [-0.05, 0) is 78.1 Å². The van der Waals surface area contributed by atoms with Gasteiger partial charge < -0.3 is 0 Å². The van der Waals surface area contributed by atoms with Crippen LogP contribution in [0, 0.1) is 23.7 Å². The zero-order valence-electron chi connectivity index (χ0n) is 22.3. The molecule has 2 aliphatic carbocycles. The van der Waals surface area contributed by atoms with Crippen LogP contribution in [0.1, 0.15) is 80.1 Å². The summed E-state index contributed by atoms with van der Waals surface area (Å²) in [5.74, 6) is 3.37. The van der Waals surface area contributed by atoms with E-state index in [1.807, 2.05) is 10.0 Å². The van der Waals surface area contributed by atoms with Gasteiger partial charge in [-0.1, -0.05) is 37.4 Å². The third kappa shape index (κ3) is 4.68. The van der Waals surface area contributed by atoms with Crippen LogP contribution >= 0.6 is 23.5 Å². The molecule has 0 aromatic heterocycles. The van der Waals surface area contributed by atoms with Crippen molar-refractivity contribution in [3.8, 4) is 0 Å². The second-order valence-corrected chi connectivity index (χ2v) is 14.0. The second-order valence-electron chi connectivity index (χ2n) is 12.1. The van der Waals surface area contributed by atoms with Crippen molar-refractivity contribution in [2.45, 2.75) is 91.1 Å². The summed E-state index contributed by atoms with van der Waals surface area (Å²) >= 11 is 3.03. The molecule has 4 aliphatic heterocycles. The van der Waals surface area contributed by atoms with Crippen LogP contribution in [-0.2, 0) is 9.59 Å². The Balaban J connectivity index is 0.000000148. The molecular weight excluding hydrogens is 492 g/mol. The molecule has 6 rings (SSSR count). The highest BCUT2D eigenvalue weighted by molar-refractivity contribution is 8.15. The molecule has 6 aliphatic rings. The largest absolute Gasteiger partial charge is 0.272 e. The van der Waals surface area contributed by atoms with E-state index in [-0.39, 0.29) is 22.9 Å². The van der Waals surface area contributed by atoms with Crippen LogP contribution in [-0.4, -0.2) is 66.2 Å². The maximum Gasteiger partial charge on any atom is 0.258 e. The van der Waals surface area contributed by atoms with Gasteiger partial charge >= 0.3 is 0 Å². The lowest BCUT2D eigenvalue weighted by atomic mass is 9.73. The Labute approximate surface area is 222 Å². The SMILES string of the molecule is C[C@@H]1CC[C@@H]2C(=NN(C3=NC(=O)CS3)C2(C)C)C1.C[C@@H]1CC[C@@H]2C(=NN(C3=NC(=O)CS3)C2(C)C)C1. The van der Waals surface area contributed by atoms with Crippen molar-refractivity contribution in [1.82, 2.24) is 10.0 Å². The number of aliphatic imine (C=N–C) groups is 2. The van der Waals surface area contributed by atoms with Gasteiger partial charge in [-0.3, -0.25) is 9.59 Å². The molecule has 0 aromatic rings. The van der Waals surface area contributed by atoms with Gasteiger partial charge in [0, 0.05) is 23.3 Å². The van der Waals surface area contributed by atoms with E-state index in [4.69, 9.17) is 10.2 Å². The van der Waals surface area contributed by atoms with Crippen molar-refractivity contribution in [3.05, 3.63) is 0 Å². The van der Waals surface area contributed by atoms with Crippen LogP contribution in [0.5, 0.6) is 0 Å². The van der Waals surface area contributed by atoms with E-state index in [0.717, 1.165) is 35.0 Å². The third-order valence-corrected chi connectivity index (χ3v) is 10.4. The van der Waals surface area contributed by atoms with Crippen molar-refractivity contribution >= 4 is 57.1 Å². The van der Waals surface area contributed by atoms with Gasteiger partial charge in [0.05, 0.1) is 22.6 Å². The van der Waals surface area contributed by atoms with Gasteiger partial charge in [-0.15, -0.1) is 0 Å². The van der Waals surface area contributed by atoms with Crippen LogP contribution in [0.25, 0.3) is 0 Å². The molecule has 2 fully saturated rings. The number of fused-ring (bicyclic) bond motifs is 2. The number of thioether (sulfide) groups is 2. The fourth-order valence-electron chi connectivity index (χ4n) is 6.38. The van der Waals surface area contributed by atoms with Gasteiger partial charge in [0.15, 0.2) is 10.3 Å². The van der Waals surface area contributed by atoms with Gasteiger partial charge in [0.25, 0.3) is 11.8 Å². The average Bonchev–Trinajstić information content (AvgIpc) is 3.54. The van der Waals surface area contributed by atoms with E-state index in [0.29, 0.717) is 23.3 Å². The highest BCUT2D eigenvalue weighted by Gasteiger charge is 2.49. The molecule has 196 valence electrons. The number of hydrogen-bond donors (Lipinski definition) is 0. The summed E-state index contributed by atoms with van der Waals surface area (Å²) < 4.78 is 0. The Morgan fingerprint density at radius 3 is 1.42 bits per heavy atom. The quantitative estimate of drug-likeness (QED) is 0.438. The summed E-state index contributed by atoms with van der Waals surface area (Å²) in [5.41, 5.74) is 2.54. The van der Waals surface area contributed by atoms with Crippen LogP contribution < -0.4 is 0 Å². The lowest BCUT2D eigenvalue weighted by molar-refractivity contribution is -0.116. The zero-order valence-corrected chi connectivity index (χ0v) is 23.9. The van der Waals surface area contributed by atoms with E-state index in [2.05, 4.69) is 51.5 Å². The maximum absolute atomic E-state index is 11.3. The molecule has 0 radical (unpaired) electrons. The minimum Gasteiger partial charge on any atom is -0.272 e. The minimum atomic E-state index is -0.0358. The number of hydrazone groups is 2. The van der Waals surface area contributed by atoms with E-state index in [1.165, 1.54) is 60.6 Å². The number of carbonyl (C=O) groups is 2. The topological polar surface area (TPSA) is 90.1 Å². The van der Waals surface area contributed by atoms with E-state index in [1.54, 1.807) is 0 Å². The molecule has 8 nitrogen and oxygen atoms in total. The Hall–Kier alpha value is -1.68. The summed E-state index contributed by atoms with van der Waals surface area (Å²) in [7, 11) is 0. The average molecular weight is 531 g/mol. The molecule has 10 heteroatoms. The molecule has 2 saturated carbocycles. The van der Waals surface area contributed by atoms with Gasteiger partial charge in [-0.2, -0.15) is 20.2 Å². The van der Waals surface area contributed by atoms with Crippen molar-refractivity contribution in [2.75, 3.05) is 11.5 Å². The predicted molar refractivity (Wildman–Crippen MR) is 150 cm³/mol. The van der Waals surface area contributed by atoms with Gasteiger partial charge in [-0.25, -0.2) is 10.0 Å². The molecule has 0 saturated heterocycles. The van der Waals surface area contributed by atoms with Crippen molar-refractivity contribution < 1.29 is 9.59 Å². The summed E-state index contributed by atoms with van der Waals surface area (Å²) in [4.78, 5) is 30.8. The third-order valence-electron chi connectivity index (χ3n) is 8.52. The second kappa shape index (κ2) is 9.57. The summed E-state index contributed by atoms with van der Waals surface area (Å²) in [6, 6.07) is 0. The number of amides is 2. The van der Waals surface area contributed by atoms with Crippen molar-refractivity contribution in [3.63, 3.8) is 0 Å². The lowest BCUT2D eigenvalue weighted by Gasteiger charge is -2.37. The van der Waals surface area contributed by atoms with E-state index >= 15 is 0 Å². The van der Waals surface area contributed by atoms with Gasteiger partial charge in [0.1, 0.15) is 0 Å². The maximum atomic E-state index is 11.3. The van der Waals surface area contributed by atoms with Crippen LogP contribution in [0.2, 0.25) is 0 Å². The summed E-state index contributed by atoms with van der Waals surface area (Å²) in [6.07, 6.45) is 7.15. The Morgan fingerprint density at radius 2 is 1.08 bits per heavy atom. The normalized spacial score (nSPS) is 34.4. The number of carbonyl (C=O) groups excluding carboxylic acids is 2. The van der Waals surface area contributed by atoms with Crippen LogP contribution in [0.3, 0.4) is 0 Å². The highest BCUT2D eigenvalue weighted by atomic mass is 32.2. The highest BCUT2D eigenvalue weighted by Crippen LogP contribution is 2.44. The number of hydrogen-bond acceptors (Lipinski definition) is 8. The standard InChI is InChI=1S/2C13H19N3OS/c2*1-8-4-5-9-10(6-8)15-16(13(9,2)3)12-14-11(17)7-18-12/h2*8-9H,4-7H2,1-3H3/t2*8-,9-/m11/s1. The van der Waals surface area contributed by atoms with Crippen LogP contribution in [0.15, 0.2) is 20.2 Å². The van der Waals surface area contributed by atoms with E-state index in [9.17, 15) is 9.59 Å². The molecule has 0 N–H and O–H groups in total. The van der Waals surface area contributed by atoms with Crippen LogP contribution in [0.4, 0.5) is 0 Å². The van der Waals surface area contributed by atoms with Gasteiger partial charge in [0.2, 0.25) is 0 Å². The zero-order chi connectivity index (χ0) is 25.8. The molecule has 0 bridgehead atoms. The van der Waals surface area contributed by atoms with Crippen molar-refractivity contribution in [1.29, 1.82) is 0 Å². The first-order valence-electron chi connectivity index (χ1n) is 13.2. The first-order chi connectivity index (χ1) is 17.0. The Kier molecular flexibility index (Phi) is 6.89. The van der Waals surface area contributed by atoms with Crippen molar-refractivity contribution in [2.24, 2.45) is 43.9 Å². The number of amidine groups is 2. The molecule has 4 heterocycles. The Morgan fingerprint density at radius 1 is 0.694 bits per heavy atom.